The lowest BCUT2D eigenvalue weighted by molar-refractivity contribution is 0.102. The molecule has 1 N–H and O–H groups in total. The average Bonchev–Trinajstić information content (AvgIpc) is 3.02. The molecule has 0 aliphatic carbocycles. The molecule has 3 aromatic rings. The van der Waals surface area contributed by atoms with E-state index in [9.17, 15) is 4.79 Å². The van der Waals surface area contributed by atoms with Gasteiger partial charge < -0.3 is 0 Å². The smallest absolute Gasteiger partial charge is 0.277 e. The van der Waals surface area contributed by atoms with Crippen LogP contribution in [-0.4, -0.2) is 26.1 Å². The van der Waals surface area contributed by atoms with E-state index in [2.05, 4.69) is 37.6 Å². The third-order valence-corrected chi connectivity index (χ3v) is 4.67. The summed E-state index contributed by atoms with van der Waals surface area (Å²) >= 11 is 2.92. The molecule has 0 atom stereocenters. The Morgan fingerprint density at radius 2 is 2.05 bits per heavy atom. The van der Waals surface area contributed by atoms with Gasteiger partial charge in [0.15, 0.2) is 4.34 Å². The van der Waals surface area contributed by atoms with Gasteiger partial charge in [-0.15, -0.1) is 10.2 Å². The van der Waals surface area contributed by atoms with E-state index in [-0.39, 0.29) is 11.6 Å². The molecule has 1 amide bonds. The van der Waals surface area contributed by atoms with Crippen LogP contribution in [0.1, 0.15) is 16.1 Å². The van der Waals surface area contributed by atoms with Gasteiger partial charge in [-0.1, -0.05) is 53.4 Å². The Kier molecular flexibility index (Phi) is 4.71. The maximum Gasteiger partial charge on any atom is 0.277 e. The van der Waals surface area contributed by atoms with Crippen molar-refractivity contribution in [1.82, 2.24) is 20.2 Å². The standard InChI is InChI=1S/C14H11N5OS2/c20-12(11-8-15-6-7-16-11)17-13-18-19-14(22-13)21-9-10-4-2-1-3-5-10/h1-8H,9H2,(H,17,18,20). The van der Waals surface area contributed by atoms with E-state index in [1.54, 1.807) is 11.8 Å². The van der Waals surface area contributed by atoms with Crippen molar-refractivity contribution < 1.29 is 4.79 Å². The van der Waals surface area contributed by atoms with E-state index < -0.39 is 0 Å². The van der Waals surface area contributed by atoms with Crippen LogP contribution in [0.5, 0.6) is 0 Å². The quantitative estimate of drug-likeness (QED) is 0.572. The highest BCUT2D eigenvalue weighted by Gasteiger charge is 2.11. The number of anilines is 1. The number of carbonyl (C=O) groups excluding carboxylic acids is 1. The van der Waals surface area contributed by atoms with Crippen LogP contribution in [0, 0.1) is 0 Å². The molecule has 8 heteroatoms. The predicted octanol–water partition coefficient (Wildman–Crippen LogP) is 2.87. The highest BCUT2D eigenvalue weighted by Crippen LogP contribution is 2.28. The number of carbonyl (C=O) groups is 1. The van der Waals surface area contributed by atoms with E-state index in [1.165, 1.54) is 35.5 Å². The number of nitrogens with zero attached hydrogens (tertiary/aromatic N) is 4. The highest BCUT2D eigenvalue weighted by atomic mass is 32.2. The first-order valence-corrected chi connectivity index (χ1v) is 8.19. The van der Waals surface area contributed by atoms with Gasteiger partial charge in [0.05, 0.1) is 6.20 Å². The van der Waals surface area contributed by atoms with Gasteiger partial charge >= 0.3 is 0 Å². The molecule has 0 unspecified atom stereocenters. The van der Waals surface area contributed by atoms with E-state index >= 15 is 0 Å². The number of hydrogen-bond acceptors (Lipinski definition) is 7. The molecule has 0 saturated carbocycles. The molecular formula is C14H11N5OS2. The molecule has 0 aliphatic heterocycles. The molecule has 110 valence electrons. The lowest BCUT2D eigenvalue weighted by atomic mass is 10.2. The Morgan fingerprint density at radius 3 is 2.82 bits per heavy atom. The van der Waals surface area contributed by atoms with Crippen molar-refractivity contribution in [2.75, 3.05) is 5.32 Å². The molecule has 0 fully saturated rings. The normalized spacial score (nSPS) is 10.4. The number of aromatic nitrogens is 4. The van der Waals surface area contributed by atoms with Crippen molar-refractivity contribution in [2.45, 2.75) is 10.1 Å². The van der Waals surface area contributed by atoms with Gasteiger partial charge in [0, 0.05) is 18.1 Å². The van der Waals surface area contributed by atoms with Crippen LogP contribution in [0.2, 0.25) is 0 Å². The van der Waals surface area contributed by atoms with Gasteiger partial charge in [-0.05, 0) is 5.56 Å². The first-order chi connectivity index (χ1) is 10.8. The summed E-state index contributed by atoms with van der Waals surface area (Å²) < 4.78 is 0.804. The number of hydrogen-bond donors (Lipinski definition) is 1. The summed E-state index contributed by atoms with van der Waals surface area (Å²) in [6.07, 6.45) is 4.39. The number of rotatable bonds is 5. The number of nitrogens with one attached hydrogen (secondary N) is 1. The second-order valence-electron chi connectivity index (χ2n) is 4.19. The molecule has 0 spiro atoms. The molecule has 3 rings (SSSR count). The molecule has 2 aromatic heterocycles. The molecule has 1 aromatic carbocycles. The van der Waals surface area contributed by atoms with Crippen molar-refractivity contribution >= 4 is 34.1 Å². The summed E-state index contributed by atoms with van der Waals surface area (Å²) in [6.45, 7) is 0. The molecule has 0 radical (unpaired) electrons. The van der Waals surface area contributed by atoms with Crippen molar-refractivity contribution in [3.05, 3.63) is 60.2 Å². The van der Waals surface area contributed by atoms with Crippen LogP contribution in [0.4, 0.5) is 5.13 Å². The second kappa shape index (κ2) is 7.10. The van der Waals surface area contributed by atoms with E-state index in [4.69, 9.17) is 0 Å². The van der Waals surface area contributed by atoms with Crippen LogP contribution in [0.15, 0.2) is 53.3 Å². The third kappa shape index (κ3) is 3.86. The Labute approximate surface area is 135 Å². The largest absolute Gasteiger partial charge is 0.295 e. The van der Waals surface area contributed by atoms with E-state index in [0.29, 0.717) is 5.13 Å². The second-order valence-corrected chi connectivity index (χ2v) is 6.39. The third-order valence-electron chi connectivity index (χ3n) is 2.63. The topological polar surface area (TPSA) is 80.7 Å². The van der Waals surface area contributed by atoms with Crippen molar-refractivity contribution in [3.8, 4) is 0 Å². The Balaban J connectivity index is 1.58. The first-order valence-electron chi connectivity index (χ1n) is 6.39. The molecule has 0 aliphatic rings. The lowest BCUT2D eigenvalue weighted by Crippen LogP contribution is -2.13. The minimum absolute atomic E-state index is 0.246. The van der Waals surface area contributed by atoms with Gasteiger partial charge in [-0.25, -0.2) is 4.98 Å². The SMILES string of the molecule is O=C(Nc1nnc(SCc2ccccc2)s1)c1cnccn1. The maximum absolute atomic E-state index is 11.9. The van der Waals surface area contributed by atoms with Gasteiger partial charge in [0.2, 0.25) is 5.13 Å². The minimum Gasteiger partial charge on any atom is -0.295 e. The average molecular weight is 329 g/mol. The van der Waals surface area contributed by atoms with Crippen LogP contribution in [0.3, 0.4) is 0 Å². The summed E-state index contributed by atoms with van der Waals surface area (Å²) in [5, 5.41) is 11.1. The van der Waals surface area contributed by atoms with Crippen LogP contribution in [-0.2, 0) is 5.75 Å². The number of thioether (sulfide) groups is 1. The highest BCUT2D eigenvalue weighted by molar-refractivity contribution is 8.00. The fourth-order valence-electron chi connectivity index (χ4n) is 1.62. The molecule has 0 saturated heterocycles. The summed E-state index contributed by atoms with van der Waals surface area (Å²) in [7, 11) is 0. The fourth-order valence-corrected chi connectivity index (χ4v) is 3.32. The van der Waals surface area contributed by atoms with E-state index in [0.717, 1.165) is 10.1 Å². The monoisotopic (exact) mass is 329 g/mol. The molecule has 6 nitrogen and oxygen atoms in total. The zero-order valence-electron chi connectivity index (χ0n) is 11.3. The molecule has 0 bridgehead atoms. The Bertz CT molecular complexity index is 748. The minimum atomic E-state index is -0.344. The van der Waals surface area contributed by atoms with Gasteiger partial charge in [0.1, 0.15) is 5.69 Å². The van der Waals surface area contributed by atoms with Crippen molar-refractivity contribution in [3.63, 3.8) is 0 Å². The molecular weight excluding hydrogens is 318 g/mol. The van der Waals surface area contributed by atoms with Crippen LogP contribution >= 0.6 is 23.1 Å². The fraction of sp³-hybridized carbons (Fsp3) is 0.0714. The zero-order chi connectivity index (χ0) is 15.2. The summed E-state index contributed by atoms with van der Waals surface area (Å²) in [6, 6.07) is 10.1. The van der Waals surface area contributed by atoms with E-state index in [1.807, 2.05) is 18.2 Å². The first kappa shape index (κ1) is 14.6. The van der Waals surface area contributed by atoms with Crippen LogP contribution in [0.25, 0.3) is 0 Å². The lowest BCUT2D eigenvalue weighted by Gasteiger charge is -1.98. The Hall–Kier alpha value is -2.32. The summed E-state index contributed by atoms with van der Waals surface area (Å²) in [5.74, 6) is 0.469. The predicted molar refractivity (Wildman–Crippen MR) is 85.9 cm³/mol. The van der Waals surface area contributed by atoms with Gasteiger partial charge in [0.25, 0.3) is 5.91 Å². The van der Waals surface area contributed by atoms with Gasteiger partial charge in [-0.3, -0.25) is 15.1 Å². The Morgan fingerprint density at radius 1 is 1.18 bits per heavy atom. The molecule has 22 heavy (non-hydrogen) atoms. The van der Waals surface area contributed by atoms with Crippen molar-refractivity contribution in [1.29, 1.82) is 0 Å². The maximum atomic E-state index is 11.9. The molecule has 2 heterocycles. The number of amides is 1. The summed E-state index contributed by atoms with van der Waals surface area (Å²) in [5.41, 5.74) is 1.46. The van der Waals surface area contributed by atoms with Crippen LogP contribution < -0.4 is 5.32 Å². The number of benzene rings is 1. The summed E-state index contributed by atoms with van der Waals surface area (Å²) in [4.78, 5) is 19.7. The van der Waals surface area contributed by atoms with Crippen molar-refractivity contribution in [2.24, 2.45) is 0 Å². The van der Waals surface area contributed by atoms with Gasteiger partial charge in [-0.2, -0.15) is 0 Å². The zero-order valence-corrected chi connectivity index (χ0v) is 13.0.